The Balaban J connectivity index is 1.36. The van der Waals surface area contributed by atoms with Gasteiger partial charge in [0.1, 0.15) is 6.33 Å². The number of aryl methyl sites for hydroxylation is 1. The summed E-state index contributed by atoms with van der Waals surface area (Å²) in [4.78, 5) is 16.6. The van der Waals surface area contributed by atoms with Crippen molar-refractivity contribution in [3.8, 4) is 11.4 Å². The van der Waals surface area contributed by atoms with Crippen LogP contribution in [0.25, 0.3) is 11.4 Å². The first-order valence-electron chi connectivity index (χ1n) is 8.82. The van der Waals surface area contributed by atoms with E-state index in [0.29, 0.717) is 17.8 Å². The lowest BCUT2D eigenvalue weighted by Gasteiger charge is -2.30. The van der Waals surface area contributed by atoms with E-state index in [9.17, 15) is 4.79 Å². The van der Waals surface area contributed by atoms with Gasteiger partial charge in [-0.1, -0.05) is 12.1 Å². The summed E-state index contributed by atoms with van der Waals surface area (Å²) in [5, 5.41) is 10.3. The lowest BCUT2D eigenvalue weighted by molar-refractivity contribution is -0.00889. The first kappa shape index (κ1) is 16.1. The molecule has 2 heterocycles. The van der Waals surface area contributed by atoms with Crippen molar-refractivity contribution in [1.82, 2.24) is 20.1 Å². The van der Waals surface area contributed by atoms with E-state index in [1.807, 2.05) is 31.3 Å². The molecule has 0 bridgehead atoms. The van der Waals surface area contributed by atoms with Gasteiger partial charge in [0.15, 0.2) is 5.82 Å². The molecule has 1 aliphatic carbocycles. The molecule has 2 N–H and O–H groups in total. The highest BCUT2D eigenvalue weighted by Gasteiger charge is 2.36. The molecule has 2 aliphatic rings. The number of carbonyl (C=O) groups excluding carboxylic acids is 1. The van der Waals surface area contributed by atoms with E-state index < -0.39 is 0 Å². The molecule has 1 aromatic carbocycles. The molecular weight excluding hydrogens is 318 g/mol. The van der Waals surface area contributed by atoms with Gasteiger partial charge in [0.05, 0.1) is 6.10 Å². The van der Waals surface area contributed by atoms with Gasteiger partial charge in [0, 0.05) is 30.9 Å². The number of amides is 2. The number of anilines is 1. The van der Waals surface area contributed by atoms with Crippen LogP contribution in [0.5, 0.6) is 0 Å². The molecule has 1 aromatic heterocycles. The number of hydrogen-bond acceptors (Lipinski definition) is 4. The van der Waals surface area contributed by atoms with Gasteiger partial charge in [-0.05, 0) is 43.7 Å². The van der Waals surface area contributed by atoms with Crippen LogP contribution in [0.4, 0.5) is 10.5 Å². The molecule has 1 aliphatic heterocycles. The topological polar surface area (TPSA) is 81.1 Å². The first-order chi connectivity index (χ1) is 12.2. The number of rotatable bonds is 4. The number of ether oxygens (including phenoxy) is 1. The number of carbonyl (C=O) groups is 1. The molecule has 0 radical (unpaired) electrons. The van der Waals surface area contributed by atoms with E-state index in [1.54, 1.807) is 11.0 Å². The zero-order valence-electron chi connectivity index (χ0n) is 14.3. The van der Waals surface area contributed by atoms with Crippen LogP contribution in [-0.2, 0) is 11.8 Å². The molecule has 132 valence electrons. The fraction of sp³-hybridized carbons (Fsp3) is 0.500. The molecule has 0 spiro atoms. The minimum atomic E-state index is -0.174. The summed E-state index contributed by atoms with van der Waals surface area (Å²) < 4.78 is 7.47. The first-order valence-corrected chi connectivity index (χ1v) is 8.82. The summed E-state index contributed by atoms with van der Waals surface area (Å²) in [6.45, 7) is 0.729. The summed E-state index contributed by atoms with van der Waals surface area (Å²) in [6.07, 6.45) is 6.28. The summed E-state index contributed by atoms with van der Waals surface area (Å²) in [6, 6.07) is 7.57. The average Bonchev–Trinajstić information content (AvgIpc) is 3.36. The highest BCUT2D eigenvalue weighted by atomic mass is 16.5. The van der Waals surface area contributed by atoms with Crippen LogP contribution in [0.3, 0.4) is 0 Å². The third-order valence-electron chi connectivity index (χ3n) is 4.78. The maximum atomic E-state index is 12.3. The van der Waals surface area contributed by atoms with Gasteiger partial charge in [0.25, 0.3) is 0 Å². The Morgan fingerprint density at radius 3 is 2.96 bits per heavy atom. The Morgan fingerprint density at radius 2 is 2.20 bits per heavy atom. The van der Waals surface area contributed by atoms with E-state index >= 15 is 0 Å². The van der Waals surface area contributed by atoms with E-state index in [2.05, 4.69) is 20.7 Å². The summed E-state index contributed by atoms with van der Waals surface area (Å²) >= 11 is 0. The Morgan fingerprint density at radius 1 is 1.32 bits per heavy atom. The van der Waals surface area contributed by atoms with Crippen molar-refractivity contribution in [3.05, 3.63) is 30.6 Å². The fourth-order valence-corrected chi connectivity index (χ4v) is 3.32. The molecule has 1 saturated heterocycles. The second kappa shape index (κ2) is 6.84. The van der Waals surface area contributed by atoms with Crippen LogP contribution >= 0.6 is 0 Å². The van der Waals surface area contributed by atoms with Crippen molar-refractivity contribution in [2.45, 2.75) is 37.8 Å². The monoisotopic (exact) mass is 341 g/mol. The number of nitrogens with one attached hydrogen (secondary N) is 2. The molecule has 1 saturated carbocycles. The molecule has 7 nitrogen and oxygen atoms in total. The largest absolute Gasteiger partial charge is 0.378 e. The predicted octanol–water partition coefficient (Wildman–Crippen LogP) is 2.56. The smallest absolute Gasteiger partial charge is 0.319 e. The molecule has 2 fully saturated rings. The average molecular weight is 341 g/mol. The van der Waals surface area contributed by atoms with Gasteiger partial charge in [-0.15, -0.1) is 0 Å². The van der Waals surface area contributed by atoms with Gasteiger partial charge in [-0.2, -0.15) is 5.10 Å². The number of aromatic nitrogens is 3. The minimum Gasteiger partial charge on any atom is -0.378 e. The third kappa shape index (κ3) is 3.99. The lowest BCUT2D eigenvalue weighted by atomic mass is 10.0. The molecule has 4 rings (SSSR count). The highest BCUT2D eigenvalue weighted by Crippen LogP contribution is 2.38. The van der Waals surface area contributed by atoms with E-state index in [4.69, 9.17) is 4.74 Å². The molecule has 2 atom stereocenters. The van der Waals surface area contributed by atoms with Crippen LogP contribution in [0.15, 0.2) is 30.6 Å². The van der Waals surface area contributed by atoms with Gasteiger partial charge >= 0.3 is 6.03 Å². The second-order valence-corrected chi connectivity index (χ2v) is 6.89. The maximum Gasteiger partial charge on any atom is 0.319 e. The van der Waals surface area contributed by atoms with Crippen LogP contribution in [-0.4, -0.2) is 39.5 Å². The molecular formula is C18H23N5O2. The normalized spacial score (nSPS) is 23.2. The van der Waals surface area contributed by atoms with Crippen LogP contribution in [0.2, 0.25) is 0 Å². The Hall–Kier alpha value is -2.41. The SMILES string of the molecule is Cn1cnc(-c2cccc(NC(=O)N[C@@H]3CCO[C@@H](C4CC4)C3)c2)n1. The molecule has 2 amide bonds. The highest BCUT2D eigenvalue weighted by molar-refractivity contribution is 5.90. The minimum absolute atomic E-state index is 0.174. The van der Waals surface area contributed by atoms with Gasteiger partial charge < -0.3 is 15.4 Å². The van der Waals surface area contributed by atoms with E-state index in [0.717, 1.165) is 30.7 Å². The predicted molar refractivity (Wildman–Crippen MR) is 94.1 cm³/mol. The lowest BCUT2D eigenvalue weighted by Crippen LogP contribution is -2.44. The van der Waals surface area contributed by atoms with Gasteiger partial charge in [-0.25, -0.2) is 9.78 Å². The van der Waals surface area contributed by atoms with Crippen molar-refractivity contribution >= 4 is 11.7 Å². The number of nitrogens with zero attached hydrogens (tertiary/aromatic N) is 3. The van der Waals surface area contributed by atoms with Gasteiger partial charge in [-0.3, -0.25) is 4.68 Å². The Kier molecular flexibility index (Phi) is 4.40. The van der Waals surface area contributed by atoms with Crippen molar-refractivity contribution < 1.29 is 9.53 Å². The molecule has 25 heavy (non-hydrogen) atoms. The van der Waals surface area contributed by atoms with E-state index in [1.165, 1.54) is 12.8 Å². The zero-order chi connectivity index (χ0) is 17.2. The standard InChI is InChI=1S/C18H23N5O2/c1-23-11-19-17(22-23)13-3-2-4-14(9-13)20-18(24)21-15-7-8-25-16(10-15)12-5-6-12/h2-4,9,11-12,15-16H,5-8,10H2,1H3,(H2,20,21,24)/t15-,16-/m1/s1. The van der Waals surface area contributed by atoms with Gasteiger partial charge in [0.2, 0.25) is 0 Å². The maximum absolute atomic E-state index is 12.3. The summed E-state index contributed by atoms with van der Waals surface area (Å²) in [5.74, 6) is 1.35. The zero-order valence-corrected chi connectivity index (χ0v) is 14.3. The van der Waals surface area contributed by atoms with Crippen molar-refractivity contribution in [3.63, 3.8) is 0 Å². The third-order valence-corrected chi connectivity index (χ3v) is 4.78. The van der Waals surface area contributed by atoms with E-state index in [-0.39, 0.29) is 12.1 Å². The van der Waals surface area contributed by atoms with Crippen LogP contribution < -0.4 is 10.6 Å². The number of hydrogen-bond donors (Lipinski definition) is 2. The molecule has 0 unspecified atom stereocenters. The fourth-order valence-electron chi connectivity index (χ4n) is 3.32. The number of benzene rings is 1. The quantitative estimate of drug-likeness (QED) is 0.895. The molecule has 7 heteroatoms. The van der Waals surface area contributed by atoms with Crippen LogP contribution in [0.1, 0.15) is 25.7 Å². The van der Waals surface area contributed by atoms with Crippen molar-refractivity contribution in [2.75, 3.05) is 11.9 Å². The number of urea groups is 1. The van der Waals surface area contributed by atoms with Crippen LogP contribution in [0, 0.1) is 5.92 Å². The Bertz CT molecular complexity index is 755. The van der Waals surface area contributed by atoms with Crippen molar-refractivity contribution in [2.24, 2.45) is 13.0 Å². The Labute approximate surface area is 146 Å². The molecule has 2 aromatic rings. The summed E-state index contributed by atoms with van der Waals surface area (Å²) in [5.41, 5.74) is 1.60. The summed E-state index contributed by atoms with van der Waals surface area (Å²) in [7, 11) is 1.83. The second-order valence-electron chi connectivity index (χ2n) is 6.89. The van der Waals surface area contributed by atoms with Crippen molar-refractivity contribution in [1.29, 1.82) is 0 Å².